The number of anilines is 1. The Hall–Kier alpha value is -1.30. The number of carbonyl (C=O) groups excluding carboxylic acids is 2. The first kappa shape index (κ1) is 17.7. The van der Waals surface area contributed by atoms with Crippen LogP contribution in [0.5, 0.6) is 0 Å². The zero-order chi connectivity index (χ0) is 13.7. The summed E-state index contributed by atoms with van der Waals surface area (Å²) < 4.78 is 0. The van der Waals surface area contributed by atoms with Crippen molar-refractivity contribution in [3.63, 3.8) is 0 Å². The van der Waals surface area contributed by atoms with Gasteiger partial charge in [-0.2, -0.15) is 0 Å². The monoisotopic (exact) mass is 305 g/mol. The molecule has 0 aliphatic heterocycles. The van der Waals surface area contributed by atoms with E-state index in [-0.39, 0.29) is 34.8 Å². The molecule has 0 spiro atoms. The van der Waals surface area contributed by atoms with Crippen molar-refractivity contribution >= 4 is 41.5 Å². The molecule has 0 bridgehead atoms. The minimum absolute atomic E-state index is 0. The van der Waals surface area contributed by atoms with Crippen LogP contribution in [-0.2, 0) is 4.79 Å². The van der Waals surface area contributed by atoms with Gasteiger partial charge in [0.1, 0.15) is 0 Å². The Morgan fingerprint density at radius 1 is 1.42 bits per heavy atom. The van der Waals surface area contributed by atoms with Crippen molar-refractivity contribution in [3.8, 4) is 0 Å². The first-order chi connectivity index (χ1) is 8.45. The molecule has 7 heteroatoms. The van der Waals surface area contributed by atoms with Gasteiger partial charge >= 0.3 is 0 Å². The van der Waals surface area contributed by atoms with E-state index in [2.05, 4.69) is 10.6 Å². The smallest absolute Gasteiger partial charge is 0.250 e. The fraction of sp³-hybridized carbons (Fsp3) is 0.333. The Morgan fingerprint density at radius 3 is 2.53 bits per heavy atom. The van der Waals surface area contributed by atoms with Crippen molar-refractivity contribution in [1.29, 1.82) is 0 Å². The lowest BCUT2D eigenvalue weighted by Gasteiger charge is -2.12. The molecule has 4 N–H and O–H groups in total. The van der Waals surface area contributed by atoms with Crippen LogP contribution in [0.15, 0.2) is 18.2 Å². The van der Waals surface area contributed by atoms with E-state index in [0.717, 1.165) is 0 Å². The van der Waals surface area contributed by atoms with E-state index in [4.69, 9.17) is 17.3 Å². The van der Waals surface area contributed by atoms with Crippen LogP contribution in [0.4, 0.5) is 5.69 Å². The number of nitrogens with two attached hydrogens (primary N) is 1. The van der Waals surface area contributed by atoms with Gasteiger partial charge in [0.25, 0.3) is 0 Å². The second-order valence-electron chi connectivity index (χ2n) is 4.01. The Kier molecular flexibility index (Phi) is 7.44. The van der Waals surface area contributed by atoms with Gasteiger partial charge in [0.05, 0.1) is 10.6 Å². The molecule has 0 saturated carbocycles. The summed E-state index contributed by atoms with van der Waals surface area (Å²) in [5, 5.41) is 5.86. The highest BCUT2D eigenvalue weighted by molar-refractivity contribution is 6.34. The molecule has 19 heavy (non-hydrogen) atoms. The maximum absolute atomic E-state index is 11.7. The first-order valence-electron chi connectivity index (χ1n) is 5.50. The van der Waals surface area contributed by atoms with Crippen LogP contribution in [0, 0.1) is 5.92 Å². The molecule has 1 unspecified atom stereocenters. The fourth-order valence-corrected chi connectivity index (χ4v) is 1.73. The van der Waals surface area contributed by atoms with E-state index in [1.807, 2.05) is 6.92 Å². The summed E-state index contributed by atoms with van der Waals surface area (Å²) in [5.74, 6) is -0.877. The van der Waals surface area contributed by atoms with Gasteiger partial charge in [0, 0.05) is 18.2 Å². The van der Waals surface area contributed by atoms with Crippen LogP contribution in [0.25, 0.3) is 0 Å². The number of rotatable bonds is 5. The van der Waals surface area contributed by atoms with Crippen LogP contribution in [0.2, 0.25) is 5.02 Å². The molecular weight excluding hydrogens is 289 g/mol. The predicted octanol–water partition coefficient (Wildman–Crippen LogP) is 1.65. The number of benzene rings is 1. The van der Waals surface area contributed by atoms with Gasteiger partial charge in [0.2, 0.25) is 11.8 Å². The van der Waals surface area contributed by atoms with Gasteiger partial charge in [0.15, 0.2) is 0 Å². The molecule has 1 aromatic rings. The van der Waals surface area contributed by atoms with Gasteiger partial charge < -0.3 is 16.4 Å². The van der Waals surface area contributed by atoms with Crippen molar-refractivity contribution in [2.24, 2.45) is 11.7 Å². The van der Waals surface area contributed by atoms with Gasteiger partial charge in [-0.15, -0.1) is 12.4 Å². The first-order valence-corrected chi connectivity index (χ1v) is 5.88. The molecule has 2 amide bonds. The highest BCUT2D eigenvalue weighted by atomic mass is 35.5. The van der Waals surface area contributed by atoms with E-state index in [1.54, 1.807) is 13.1 Å². The van der Waals surface area contributed by atoms with Gasteiger partial charge in [-0.25, -0.2) is 0 Å². The number of nitrogens with one attached hydrogen (secondary N) is 2. The number of primary amides is 1. The largest absolute Gasteiger partial charge is 0.366 e. The second-order valence-corrected chi connectivity index (χ2v) is 4.41. The Labute approximate surface area is 123 Å². The van der Waals surface area contributed by atoms with E-state index in [9.17, 15) is 9.59 Å². The zero-order valence-corrected chi connectivity index (χ0v) is 12.3. The normalized spacial score (nSPS) is 11.3. The molecule has 1 rings (SSSR count). The minimum Gasteiger partial charge on any atom is -0.366 e. The lowest BCUT2D eigenvalue weighted by Crippen LogP contribution is -2.28. The summed E-state index contributed by atoms with van der Waals surface area (Å²) in [4.78, 5) is 22.7. The third-order valence-electron chi connectivity index (χ3n) is 2.46. The molecular formula is C12H17Cl2N3O2. The summed E-state index contributed by atoms with van der Waals surface area (Å²) >= 11 is 5.88. The minimum atomic E-state index is -0.596. The van der Waals surface area contributed by atoms with Crippen LogP contribution >= 0.6 is 24.0 Å². The van der Waals surface area contributed by atoms with Crippen LogP contribution in [-0.4, -0.2) is 25.4 Å². The van der Waals surface area contributed by atoms with Crippen molar-refractivity contribution in [1.82, 2.24) is 5.32 Å². The molecule has 0 radical (unpaired) electrons. The number of hydrogen-bond donors (Lipinski definition) is 3. The maximum atomic E-state index is 11.7. The average molecular weight is 306 g/mol. The van der Waals surface area contributed by atoms with Gasteiger partial charge in [-0.05, 0) is 25.2 Å². The van der Waals surface area contributed by atoms with Gasteiger partial charge in [-0.3, -0.25) is 9.59 Å². The van der Waals surface area contributed by atoms with Crippen LogP contribution in [0.3, 0.4) is 0 Å². The summed E-state index contributed by atoms with van der Waals surface area (Å²) in [6.07, 6.45) is 0. The summed E-state index contributed by atoms with van der Waals surface area (Å²) in [5.41, 5.74) is 5.91. The van der Waals surface area contributed by atoms with E-state index in [1.165, 1.54) is 12.1 Å². The van der Waals surface area contributed by atoms with Crippen molar-refractivity contribution in [2.75, 3.05) is 18.9 Å². The van der Waals surface area contributed by atoms with Crippen LogP contribution < -0.4 is 16.4 Å². The molecule has 1 aromatic carbocycles. The molecule has 106 valence electrons. The standard InChI is InChI=1S/C12H16ClN3O2.ClH/c1-7(6-15-2)12(18)16-8-3-4-9(11(14)17)10(13)5-8;/h3-5,7,15H,6H2,1-2H3,(H2,14,17)(H,16,18);1H. The summed E-state index contributed by atoms with van der Waals surface area (Å²) in [6.45, 7) is 2.39. The number of hydrogen-bond acceptors (Lipinski definition) is 3. The molecule has 0 aliphatic carbocycles. The van der Waals surface area contributed by atoms with E-state index < -0.39 is 5.91 Å². The highest BCUT2D eigenvalue weighted by Gasteiger charge is 2.13. The quantitative estimate of drug-likeness (QED) is 0.773. The molecule has 0 fully saturated rings. The van der Waals surface area contributed by atoms with E-state index in [0.29, 0.717) is 12.2 Å². The lowest BCUT2D eigenvalue weighted by atomic mass is 10.1. The van der Waals surface area contributed by atoms with E-state index >= 15 is 0 Å². The number of carbonyl (C=O) groups is 2. The Morgan fingerprint density at radius 2 is 2.05 bits per heavy atom. The molecule has 1 atom stereocenters. The predicted molar refractivity (Wildman–Crippen MR) is 78.9 cm³/mol. The summed E-state index contributed by atoms with van der Waals surface area (Å²) in [6, 6.07) is 4.59. The average Bonchev–Trinajstić information content (AvgIpc) is 2.28. The second kappa shape index (κ2) is 7.99. The summed E-state index contributed by atoms with van der Waals surface area (Å²) in [7, 11) is 1.78. The van der Waals surface area contributed by atoms with Crippen LogP contribution in [0.1, 0.15) is 17.3 Å². The van der Waals surface area contributed by atoms with Crippen molar-refractivity contribution in [2.45, 2.75) is 6.92 Å². The topological polar surface area (TPSA) is 84.2 Å². The van der Waals surface area contributed by atoms with Gasteiger partial charge in [-0.1, -0.05) is 18.5 Å². The molecule has 0 heterocycles. The highest BCUT2D eigenvalue weighted by Crippen LogP contribution is 2.20. The third-order valence-corrected chi connectivity index (χ3v) is 2.77. The number of halogens is 2. The third kappa shape index (κ3) is 5.06. The molecule has 0 saturated heterocycles. The molecule has 0 aromatic heterocycles. The fourth-order valence-electron chi connectivity index (χ4n) is 1.46. The van der Waals surface area contributed by atoms with Crippen molar-refractivity contribution < 1.29 is 9.59 Å². The zero-order valence-electron chi connectivity index (χ0n) is 10.7. The maximum Gasteiger partial charge on any atom is 0.250 e. The van der Waals surface area contributed by atoms with Crippen molar-refractivity contribution in [3.05, 3.63) is 28.8 Å². The Balaban J connectivity index is 0.00000324. The molecule has 5 nitrogen and oxygen atoms in total. The molecule has 0 aliphatic rings. The SMILES string of the molecule is CNCC(C)C(=O)Nc1ccc(C(N)=O)c(Cl)c1.Cl. The Bertz CT molecular complexity index is 466. The lowest BCUT2D eigenvalue weighted by molar-refractivity contribution is -0.119. The number of amides is 2.